The molecule has 2 heterocycles. The summed E-state index contributed by atoms with van der Waals surface area (Å²) in [6, 6.07) is 0.0537. The molecule has 1 aliphatic rings. The largest absolute Gasteiger partial charge is 0.325 e. The average molecular weight is 336 g/mol. The minimum absolute atomic E-state index is 0.0537. The number of rotatable bonds is 2. The Morgan fingerprint density at radius 3 is 2.56 bits per heavy atom. The second kappa shape index (κ2) is 4.94. The van der Waals surface area contributed by atoms with Gasteiger partial charge in [0.05, 0.1) is 0 Å². The van der Waals surface area contributed by atoms with E-state index in [-0.39, 0.29) is 11.1 Å². The van der Waals surface area contributed by atoms with Gasteiger partial charge in [-0.25, -0.2) is 13.4 Å². The van der Waals surface area contributed by atoms with Crippen molar-refractivity contribution in [2.45, 2.75) is 44.2 Å². The van der Waals surface area contributed by atoms with E-state index in [0.29, 0.717) is 17.0 Å². The van der Waals surface area contributed by atoms with Crippen LogP contribution in [0.25, 0.3) is 0 Å². The third-order valence-corrected chi connectivity index (χ3v) is 6.62. The van der Waals surface area contributed by atoms with Gasteiger partial charge in [-0.3, -0.25) is 0 Å². The average Bonchev–Trinajstić information content (AvgIpc) is 2.58. The van der Waals surface area contributed by atoms with E-state index in [1.54, 1.807) is 22.8 Å². The normalized spacial score (nSPS) is 22.3. The summed E-state index contributed by atoms with van der Waals surface area (Å²) in [4.78, 5) is 4.18. The second-order valence-corrected chi connectivity index (χ2v) is 7.33. The van der Waals surface area contributed by atoms with E-state index in [1.165, 1.54) is 0 Å². The van der Waals surface area contributed by atoms with Crippen LogP contribution in [-0.2, 0) is 17.1 Å². The lowest BCUT2D eigenvalue weighted by molar-refractivity contribution is 0.268. The molecule has 1 atom stereocenters. The molecular weight excluding hydrogens is 318 g/mol. The maximum Gasteiger partial charge on any atom is 0.263 e. The van der Waals surface area contributed by atoms with E-state index in [0.717, 1.165) is 19.3 Å². The van der Waals surface area contributed by atoms with Crippen molar-refractivity contribution in [3.63, 3.8) is 0 Å². The Labute approximate surface area is 116 Å². The number of halogens is 1. The highest BCUT2D eigenvalue weighted by Crippen LogP contribution is 2.29. The molecule has 102 valence electrons. The first kappa shape index (κ1) is 14.0. The zero-order valence-corrected chi connectivity index (χ0v) is 13.3. The third kappa shape index (κ3) is 2.23. The van der Waals surface area contributed by atoms with Gasteiger partial charge in [-0.1, -0.05) is 6.42 Å². The van der Waals surface area contributed by atoms with Crippen LogP contribution >= 0.6 is 15.9 Å². The molecule has 7 heteroatoms. The Kier molecular flexibility index (Phi) is 3.85. The van der Waals surface area contributed by atoms with Crippen molar-refractivity contribution < 1.29 is 8.42 Å². The molecule has 0 radical (unpaired) electrons. The van der Waals surface area contributed by atoms with Crippen molar-refractivity contribution in [2.24, 2.45) is 7.05 Å². The molecule has 2 rings (SSSR count). The number of hydrogen-bond donors (Lipinski definition) is 0. The molecule has 1 saturated heterocycles. The van der Waals surface area contributed by atoms with Crippen LogP contribution in [0, 0.1) is 6.92 Å². The Morgan fingerprint density at radius 1 is 1.39 bits per heavy atom. The topological polar surface area (TPSA) is 55.2 Å². The molecular formula is C11H18BrN3O2S. The summed E-state index contributed by atoms with van der Waals surface area (Å²) < 4.78 is 29.0. The van der Waals surface area contributed by atoms with Crippen LogP contribution in [0.2, 0.25) is 0 Å². The Hall–Kier alpha value is -0.400. The van der Waals surface area contributed by atoms with Crippen LogP contribution < -0.4 is 0 Å². The standard InChI is InChI=1S/C11H18BrN3O2S/c1-8-6-4-5-7-15(8)18(16,17)11-10(12)14(3)9(2)13-11/h8H,4-7H2,1-3H3. The molecule has 0 aromatic carbocycles. The lowest BCUT2D eigenvalue weighted by Crippen LogP contribution is -2.42. The zero-order chi connectivity index (χ0) is 13.5. The molecule has 0 bridgehead atoms. The first-order valence-electron chi connectivity index (χ1n) is 6.06. The molecule has 5 nitrogen and oxygen atoms in total. The first-order chi connectivity index (χ1) is 8.35. The Balaban J connectivity index is 2.44. The lowest BCUT2D eigenvalue weighted by atomic mass is 10.1. The number of sulfonamides is 1. The third-order valence-electron chi connectivity index (χ3n) is 3.51. The summed E-state index contributed by atoms with van der Waals surface area (Å²) in [5.74, 6) is 0.685. The van der Waals surface area contributed by atoms with E-state index in [1.807, 2.05) is 6.92 Å². The summed E-state index contributed by atoms with van der Waals surface area (Å²) in [5.41, 5.74) is 0. The van der Waals surface area contributed by atoms with Crippen molar-refractivity contribution in [2.75, 3.05) is 6.54 Å². The second-order valence-electron chi connectivity index (χ2n) is 4.77. The Morgan fingerprint density at radius 2 is 2.06 bits per heavy atom. The van der Waals surface area contributed by atoms with E-state index in [4.69, 9.17) is 0 Å². The van der Waals surface area contributed by atoms with Crippen molar-refractivity contribution in [1.29, 1.82) is 0 Å². The van der Waals surface area contributed by atoms with Crippen molar-refractivity contribution in [1.82, 2.24) is 13.9 Å². The number of hydrogen-bond acceptors (Lipinski definition) is 3. The van der Waals surface area contributed by atoms with Gasteiger partial charge in [0.15, 0.2) is 0 Å². The fraction of sp³-hybridized carbons (Fsp3) is 0.727. The summed E-state index contributed by atoms with van der Waals surface area (Å²) in [7, 11) is -1.69. The minimum atomic E-state index is -3.49. The highest BCUT2D eigenvalue weighted by molar-refractivity contribution is 9.10. The molecule has 1 aromatic rings. The van der Waals surface area contributed by atoms with Crippen LogP contribution in [0.15, 0.2) is 9.63 Å². The van der Waals surface area contributed by atoms with Crippen LogP contribution in [-0.4, -0.2) is 34.9 Å². The SMILES string of the molecule is Cc1nc(S(=O)(=O)N2CCCCC2C)c(Br)n1C. The van der Waals surface area contributed by atoms with Gasteiger partial charge >= 0.3 is 0 Å². The van der Waals surface area contributed by atoms with Crippen molar-refractivity contribution >= 4 is 26.0 Å². The van der Waals surface area contributed by atoms with Gasteiger partial charge in [-0.2, -0.15) is 4.31 Å². The smallest absolute Gasteiger partial charge is 0.263 e. The van der Waals surface area contributed by atoms with Crippen molar-refractivity contribution in [3.8, 4) is 0 Å². The number of piperidine rings is 1. The molecule has 0 saturated carbocycles. The van der Waals surface area contributed by atoms with Gasteiger partial charge in [0, 0.05) is 19.6 Å². The van der Waals surface area contributed by atoms with Gasteiger partial charge in [-0.05, 0) is 42.6 Å². The molecule has 0 amide bonds. The van der Waals surface area contributed by atoms with E-state index in [9.17, 15) is 8.42 Å². The van der Waals surface area contributed by atoms with Gasteiger partial charge < -0.3 is 4.57 Å². The van der Waals surface area contributed by atoms with Crippen LogP contribution in [0.4, 0.5) is 0 Å². The quantitative estimate of drug-likeness (QED) is 0.831. The number of imidazole rings is 1. The fourth-order valence-electron chi connectivity index (χ4n) is 2.26. The number of nitrogens with zero attached hydrogens (tertiary/aromatic N) is 3. The summed E-state index contributed by atoms with van der Waals surface area (Å²) in [6.07, 6.45) is 2.94. The van der Waals surface area contributed by atoms with E-state index in [2.05, 4.69) is 20.9 Å². The van der Waals surface area contributed by atoms with E-state index < -0.39 is 10.0 Å². The number of aromatic nitrogens is 2. The molecule has 18 heavy (non-hydrogen) atoms. The molecule has 1 unspecified atom stereocenters. The summed E-state index contributed by atoms with van der Waals surface area (Å²) in [6.45, 7) is 4.34. The van der Waals surface area contributed by atoms with Gasteiger partial charge in [0.2, 0.25) is 5.03 Å². The highest BCUT2D eigenvalue weighted by atomic mass is 79.9. The minimum Gasteiger partial charge on any atom is -0.325 e. The van der Waals surface area contributed by atoms with Crippen molar-refractivity contribution in [3.05, 3.63) is 10.4 Å². The monoisotopic (exact) mass is 335 g/mol. The van der Waals surface area contributed by atoms with Gasteiger partial charge in [-0.15, -0.1) is 0 Å². The Bertz CT molecular complexity index is 553. The molecule has 1 fully saturated rings. The first-order valence-corrected chi connectivity index (χ1v) is 8.29. The van der Waals surface area contributed by atoms with Crippen LogP contribution in [0.5, 0.6) is 0 Å². The summed E-state index contributed by atoms with van der Waals surface area (Å²) >= 11 is 3.32. The highest BCUT2D eigenvalue weighted by Gasteiger charge is 2.34. The molecule has 0 N–H and O–H groups in total. The summed E-state index contributed by atoms with van der Waals surface area (Å²) in [5, 5.41) is 0.135. The maximum absolute atomic E-state index is 12.6. The predicted octanol–water partition coefficient (Wildman–Crippen LogP) is 2.05. The van der Waals surface area contributed by atoms with Gasteiger partial charge in [0.1, 0.15) is 10.4 Å². The lowest BCUT2D eigenvalue weighted by Gasteiger charge is -2.31. The maximum atomic E-state index is 12.6. The molecule has 0 aliphatic carbocycles. The fourth-order valence-corrected chi connectivity index (χ4v) is 4.98. The zero-order valence-electron chi connectivity index (χ0n) is 10.9. The number of aryl methyl sites for hydroxylation is 1. The molecule has 0 spiro atoms. The van der Waals surface area contributed by atoms with Crippen LogP contribution in [0.3, 0.4) is 0 Å². The molecule has 1 aromatic heterocycles. The van der Waals surface area contributed by atoms with Crippen LogP contribution in [0.1, 0.15) is 32.0 Å². The predicted molar refractivity (Wildman–Crippen MR) is 72.8 cm³/mol. The molecule has 1 aliphatic heterocycles. The van der Waals surface area contributed by atoms with E-state index >= 15 is 0 Å². The van der Waals surface area contributed by atoms with Gasteiger partial charge in [0.25, 0.3) is 10.0 Å².